The summed E-state index contributed by atoms with van der Waals surface area (Å²) in [5.41, 5.74) is -0.773. The van der Waals surface area contributed by atoms with Crippen molar-refractivity contribution in [1.29, 1.82) is 0 Å². The standard InChI is InChI=1S/C15H17F3N2O2/c1-11(2)20-14(21)19-8-3-4-9-22-13-7-5-6-12(10-13)15(16,17)18/h5-7,10-11H,8-9H2,1-2H3,(H2,19,20,21). The summed E-state index contributed by atoms with van der Waals surface area (Å²) in [6, 6.07) is 4.26. The number of halogens is 3. The van der Waals surface area contributed by atoms with Gasteiger partial charge in [-0.1, -0.05) is 17.9 Å². The molecule has 0 aliphatic heterocycles. The minimum Gasteiger partial charge on any atom is -0.481 e. The number of nitrogens with one attached hydrogen (secondary N) is 2. The van der Waals surface area contributed by atoms with E-state index in [0.717, 1.165) is 12.1 Å². The smallest absolute Gasteiger partial charge is 0.416 e. The molecule has 120 valence electrons. The number of hydrogen-bond acceptors (Lipinski definition) is 2. The molecule has 2 amide bonds. The Labute approximate surface area is 127 Å². The lowest BCUT2D eigenvalue weighted by atomic mass is 10.2. The Balaban J connectivity index is 2.37. The van der Waals surface area contributed by atoms with E-state index < -0.39 is 11.7 Å². The Kier molecular flexibility index (Phi) is 6.57. The number of rotatable bonds is 4. The van der Waals surface area contributed by atoms with Gasteiger partial charge in [0.15, 0.2) is 0 Å². The van der Waals surface area contributed by atoms with Crippen LogP contribution in [0.2, 0.25) is 0 Å². The molecule has 0 atom stereocenters. The van der Waals surface area contributed by atoms with Crippen molar-refractivity contribution in [1.82, 2.24) is 10.6 Å². The fourth-order valence-electron chi connectivity index (χ4n) is 1.43. The Bertz CT molecular complexity index is 560. The number of alkyl halides is 3. The molecule has 2 N–H and O–H groups in total. The number of benzene rings is 1. The number of hydrogen-bond donors (Lipinski definition) is 2. The highest BCUT2D eigenvalue weighted by Gasteiger charge is 2.30. The predicted octanol–water partition coefficient (Wildman–Crippen LogP) is 2.80. The fourth-order valence-corrected chi connectivity index (χ4v) is 1.43. The number of carbonyl (C=O) groups excluding carboxylic acids is 1. The van der Waals surface area contributed by atoms with E-state index >= 15 is 0 Å². The van der Waals surface area contributed by atoms with Crippen LogP contribution in [0, 0.1) is 11.8 Å². The van der Waals surface area contributed by atoms with Gasteiger partial charge in [0.2, 0.25) is 0 Å². The average Bonchev–Trinajstić information content (AvgIpc) is 2.41. The Morgan fingerprint density at radius 3 is 2.68 bits per heavy atom. The number of ether oxygens (including phenoxy) is 1. The third kappa shape index (κ3) is 6.88. The van der Waals surface area contributed by atoms with Crippen LogP contribution in [0.25, 0.3) is 0 Å². The first-order chi connectivity index (χ1) is 10.3. The van der Waals surface area contributed by atoms with Crippen molar-refractivity contribution in [2.24, 2.45) is 0 Å². The van der Waals surface area contributed by atoms with Crippen LogP contribution >= 0.6 is 0 Å². The molecule has 0 radical (unpaired) electrons. The lowest BCUT2D eigenvalue weighted by Gasteiger charge is -2.08. The molecule has 0 aromatic heterocycles. The quantitative estimate of drug-likeness (QED) is 0.840. The zero-order valence-electron chi connectivity index (χ0n) is 12.3. The highest BCUT2D eigenvalue weighted by molar-refractivity contribution is 5.74. The van der Waals surface area contributed by atoms with Gasteiger partial charge >= 0.3 is 12.2 Å². The van der Waals surface area contributed by atoms with Crippen molar-refractivity contribution in [2.45, 2.75) is 26.1 Å². The summed E-state index contributed by atoms with van der Waals surface area (Å²) in [5, 5.41) is 5.14. The second-order valence-corrected chi connectivity index (χ2v) is 4.65. The minimum absolute atomic E-state index is 0.0252. The molecule has 0 spiro atoms. The molecule has 0 aliphatic rings. The van der Waals surface area contributed by atoms with Crippen LogP contribution in [0.1, 0.15) is 19.4 Å². The van der Waals surface area contributed by atoms with Crippen molar-refractivity contribution < 1.29 is 22.7 Å². The van der Waals surface area contributed by atoms with Crippen LogP contribution in [-0.4, -0.2) is 25.2 Å². The van der Waals surface area contributed by atoms with Gasteiger partial charge in [0, 0.05) is 6.04 Å². The first kappa shape index (κ1) is 17.7. The monoisotopic (exact) mass is 314 g/mol. The van der Waals surface area contributed by atoms with Gasteiger partial charge in [-0.2, -0.15) is 13.2 Å². The molecule has 22 heavy (non-hydrogen) atoms. The molecule has 1 aromatic carbocycles. The maximum absolute atomic E-state index is 12.5. The lowest BCUT2D eigenvalue weighted by molar-refractivity contribution is -0.137. The summed E-state index contributed by atoms with van der Waals surface area (Å²) in [5.74, 6) is 5.33. The van der Waals surface area contributed by atoms with E-state index in [4.69, 9.17) is 4.74 Å². The largest absolute Gasteiger partial charge is 0.481 e. The Morgan fingerprint density at radius 2 is 2.05 bits per heavy atom. The number of carbonyl (C=O) groups is 1. The molecule has 1 rings (SSSR count). The predicted molar refractivity (Wildman–Crippen MR) is 76.4 cm³/mol. The van der Waals surface area contributed by atoms with Crippen LogP contribution in [0.3, 0.4) is 0 Å². The van der Waals surface area contributed by atoms with Crippen molar-refractivity contribution in [3.63, 3.8) is 0 Å². The molecule has 0 saturated heterocycles. The van der Waals surface area contributed by atoms with Crippen LogP contribution < -0.4 is 15.4 Å². The number of urea groups is 1. The molecule has 4 nitrogen and oxygen atoms in total. The van der Waals surface area contributed by atoms with E-state index in [-0.39, 0.29) is 31.0 Å². The van der Waals surface area contributed by atoms with E-state index in [9.17, 15) is 18.0 Å². The number of amides is 2. The zero-order valence-corrected chi connectivity index (χ0v) is 12.3. The maximum Gasteiger partial charge on any atom is 0.416 e. The molecule has 0 fully saturated rings. The summed E-state index contributed by atoms with van der Waals surface area (Å²) in [4.78, 5) is 11.2. The third-order valence-electron chi connectivity index (χ3n) is 2.35. The molecule has 0 saturated carbocycles. The van der Waals surface area contributed by atoms with Gasteiger partial charge in [-0.15, -0.1) is 0 Å². The van der Waals surface area contributed by atoms with E-state index in [0.29, 0.717) is 0 Å². The van der Waals surface area contributed by atoms with E-state index in [1.54, 1.807) is 0 Å². The highest BCUT2D eigenvalue weighted by Crippen LogP contribution is 2.31. The second kappa shape index (κ2) is 8.17. The second-order valence-electron chi connectivity index (χ2n) is 4.65. The Hall–Kier alpha value is -2.36. The molecule has 0 heterocycles. The first-order valence-electron chi connectivity index (χ1n) is 6.59. The van der Waals surface area contributed by atoms with E-state index in [1.807, 2.05) is 13.8 Å². The molecular formula is C15H17F3N2O2. The zero-order chi connectivity index (χ0) is 16.6. The minimum atomic E-state index is -4.40. The van der Waals surface area contributed by atoms with Crippen LogP contribution in [0.5, 0.6) is 5.75 Å². The Morgan fingerprint density at radius 1 is 1.32 bits per heavy atom. The lowest BCUT2D eigenvalue weighted by Crippen LogP contribution is -2.39. The molecule has 7 heteroatoms. The van der Waals surface area contributed by atoms with Gasteiger partial charge in [-0.05, 0) is 32.0 Å². The molecule has 0 aliphatic carbocycles. The van der Waals surface area contributed by atoms with Gasteiger partial charge in [0.25, 0.3) is 0 Å². The summed E-state index contributed by atoms with van der Waals surface area (Å²) in [6.07, 6.45) is -4.40. The van der Waals surface area contributed by atoms with Crippen LogP contribution in [-0.2, 0) is 6.18 Å². The maximum atomic E-state index is 12.5. The molecule has 1 aromatic rings. The topological polar surface area (TPSA) is 50.4 Å². The highest BCUT2D eigenvalue weighted by atomic mass is 19.4. The first-order valence-corrected chi connectivity index (χ1v) is 6.59. The van der Waals surface area contributed by atoms with Crippen LogP contribution in [0.15, 0.2) is 24.3 Å². The molecule has 0 bridgehead atoms. The summed E-state index contributed by atoms with van der Waals surface area (Å²) < 4.78 is 42.6. The molecular weight excluding hydrogens is 297 g/mol. The normalized spacial score (nSPS) is 10.6. The van der Waals surface area contributed by atoms with Gasteiger partial charge in [0.1, 0.15) is 12.4 Å². The SMILES string of the molecule is CC(C)NC(=O)NCC#CCOc1cccc(C(F)(F)F)c1. The van der Waals surface area contributed by atoms with E-state index in [2.05, 4.69) is 22.5 Å². The summed E-state index contributed by atoms with van der Waals surface area (Å²) >= 11 is 0. The van der Waals surface area contributed by atoms with Gasteiger partial charge in [0.05, 0.1) is 12.1 Å². The van der Waals surface area contributed by atoms with Gasteiger partial charge < -0.3 is 15.4 Å². The van der Waals surface area contributed by atoms with Gasteiger partial charge in [-0.25, -0.2) is 4.79 Å². The summed E-state index contributed by atoms with van der Waals surface area (Å²) in [7, 11) is 0. The average molecular weight is 314 g/mol. The summed E-state index contributed by atoms with van der Waals surface area (Å²) in [6.45, 7) is 3.72. The third-order valence-corrected chi connectivity index (χ3v) is 2.35. The molecule has 0 unspecified atom stereocenters. The van der Waals surface area contributed by atoms with Gasteiger partial charge in [-0.3, -0.25) is 0 Å². The van der Waals surface area contributed by atoms with Crippen LogP contribution in [0.4, 0.5) is 18.0 Å². The fraction of sp³-hybridized carbons (Fsp3) is 0.400. The van der Waals surface area contributed by atoms with Crippen molar-refractivity contribution in [3.8, 4) is 17.6 Å². The van der Waals surface area contributed by atoms with Crippen molar-refractivity contribution in [2.75, 3.05) is 13.2 Å². The van der Waals surface area contributed by atoms with Crippen molar-refractivity contribution in [3.05, 3.63) is 29.8 Å². The van der Waals surface area contributed by atoms with E-state index in [1.165, 1.54) is 12.1 Å². The van der Waals surface area contributed by atoms with Crippen molar-refractivity contribution >= 4 is 6.03 Å².